The van der Waals surface area contributed by atoms with Crippen molar-refractivity contribution < 1.29 is 4.79 Å². The normalized spacial score (nSPS) is 16.7. The molecular weight excluding hydrogens is 198 g/mol. The summed E-state index contributed by atoms with van der Waals surface area (Å²) in [5.41, 5.74) is 0. The number of likely N-dealkylation sites (tertiary alicyclic amines) is 1. The van der Waals surface area contributed by atoms with Crippen LogP contribution in [0.2, 0.25) is 0 Å². The van der Waals surface area contributed by atoms with E-state index in [-0.39, 0.29) is 5.91 Å². The largest absolute Gasteiger partial charge is 0.339 e. The molecule has 0 aromatic carbocycles. The monoisotopic (exact) mass is 221 g/mol. The van der Waals surface area contributed by atoms with Gasteiger partial charge in [0.15, 0.2) is 0 Å². The molecule has 0 spiro atoms. The van der Waals surface area contributed by atoms with Crippen molar-refractivity contribution in [3.8, 4) is 0 Å². The number of hydrogen-bond acceptors (Lipinski definition) is 1. The molecule has 1 fully saturated rings. The number of allylic oxidation sites excluding steroid dienone is 3. The van der Waals surface area contributed by atoms with Crippen LogP contribution in [-0.4, -0.2) is 23.9 Å². The number of rotatable bonds is 6. The summed E-state index contributed by atoms with van der Waals surface area (Å²) in [6.45, 7) is 4.07. The van der Waals surface area contributed by atoms with Crippen molar-refractivity contribution in [2.75, 3.05) is 13.1 Å². The maximum Gasteiger partial charge on any atom is 0.246 e. The van der Waals surface area contributed by atoms with Crippen molar-refractivity contribution in [2.24, 2.45) is 0 Å². The lowest BCUT2D eigenvalue weighted by molar-refractivity contribution is -0.124. The molecule has 0 unspecified atom stereocenters. The molecule has 16 heavy (non-hydrogen) atoms. The molecule has 0 aliphatic carbocycles. The predicted molar refractivity (Wildman–Crippen MR) is 68.2 cm³/mol. The summed E-state index contributed by atoms with van der Waals surface area (Å²) in [6.07, 6.45) is 14.9. The molecule has 2 nitrogen and oxygen atoms in total. The predicted octanol–water partition coefficient (Wildman–Crippen LogP) is 3.30. The average Bonchev–Trinajstić information content (AvgIpc) is 2.81. The lowest BCUT2D eigenvalue weighted by Crippen LogP contribution is -2.25. The van der Waals surface area contributed by atoms with Gasteiger partial charge in [0.05, 0.1) is 0 Å². The quantitative estimate of drug-likeness (QED) is 0.383. The van der Waals surface area contributed by atoms with Crippen LogP contribution in [0.5, 0.6) is 0 Å². The fraction of sp³-hybridized carbons (Fsp3) is 0.643. The number of amides is 1. The van der Waals surface area contributed by atoms with Gasteiger partial charge < -0.3 is 4.90 Å². The van der Waals surface area contributed by atoms with E-state index in [1.54, 1.807) is 6.08 Å². The molecule has 0 aromatic heterocycles. The molecule has 0 aromatic rings. The molecule has 1 aliphatic heterocycles. The Bertz CT molecular complexity index is 249. The van der Waals surface area contributed by atoms with Crippen LogP contribution in [0.4, 0.5) is 0 Å². The lowest BCUT2D eigenvalue weighted by atomic mass is 10.2. The minimum Gasteiger partial charge on any atom is -0.339 e. The Morgan fingerprint density at radius 3 is 2.62 bits per heavy atom. The minimum absolute atomic E-state index is 0.163. The number of carbonyl (C=O) groups is 1. The fourth-order valence-electron chi connectivity index (χ4n) is 1.87. The van der Waals surface area contributed by atoms with Gasteiger partial charge in [0.1, 0.15) is 0 Å². The van der Waals surface area contributed by atoms with E-state index in [4.69, 9.17) is 0 Å². The number of unbranched alkanes of at least 4 members (excludes halogenated alkanes) is 3. The molecule has 0 bridgehead atoms. The third-order valence-electron chi connectivity index (χ3n) is 2.88. The number of nitrogens with zero attached hydrogens (tertiary/aromatic N) is 1. The Kier molecular flexibility index (Phi) is 6.62. The fourth-order valence-corrected chi connectivity index (χ4v) is 1.87. The van der Waals surface area contributed by atoms with Crippen LogP contribution in [0.25, 0.3) is 0 Å². The summed E-state index contributed by atoms with van der Waals surface area (Å²) in [6, 6.07) is 0. The van der Waals surface area contributed by atoms with E-state index in [1.165, 1.54) is 19.3 Å². The van der Waals surface area contributed by atoms with Gasteiger partial charge in [-0.2, -0.15) is 0 Å². The van der Waals surface area contributed by atoms with Gasteiger partial charge in [-0.3, -0.25) is 4.79 Å². The topological polar surface area (TPSA) is 20.3 Å². The summed E-state index contributed by atoms with van der Waals surface area (Å²) in [5.74, 6) is 0.163. The van der Waals surface area contributed by atoms with Gasteiger partial charge in [-0.15, -0.1) is 0 Å². The molecule has 2 heteroatoms. The standard InChI is InChI=1S/C14H23NO/c1-2-3-4-5-6-7-8-11-14(16)15-12-9-10-13-15/h6-8,11H,2-5,9-10,12-13H2,1H3. The SMILES string of the molecule is CCCCCC=CC=CC(=O)N1CCCC1. The van der Waals surface area contributed by atoms with E-state index >= 15 is 0 Å². The van der Waals surface area contributed by atoms with E-state index in [1.807, 2.05) is 17.1 Å². The molecule has 90 valence electrons. The second kappa shape index (κ2) is 8.14. The minimum atomic E-state index is 0.163. The van der Waals surface area contributed by atoms with Crippen molar-refractivity contribution in [2.45, 2.75) is 45.4 Å². The zero-order valence-corrected chi connectivity index (χ0v) is 10.3. The zero-order chi connectivity index (χ0) is 11.6. The van der Waals surface area contributed by atoms with Gasteiger partial charge in [-0.1, -0.05) is 38.0 Å². The molecule has 1 amide bonds. The average molecular weight is 221 g/mol. The Morgan fingerprint density at radius 1 is 1.19 bits per heavy atom. The first kappa shape index (κ1) is 13.0. The number of carbonyl (C=O) groups excluding carboxylic acids is 1. The summed E-state index contributed by atoms with van der Waals surface area (Å²) in [5, 5.41) is 0. The molecule has 1 heterocycles. The molecular formula is C14H23NO. The van der Waals surface area contributed by atoms with Gasteiger partial charge in [-0.25, -0.2) is 0 Å². The zero-order valence-electron chi connectivity index (χ0n) is 10.3. The van der Waals surface area contributed by atoms with E-state index in [9.17, 15) is 4.79 Å². The van der Waals surface area contributed by atoms with Crippen molar-refractivity contribution in [3.63, 3.8) is 0 Å². The highest BCUT2D eigenvalue weighted by molar-refractivity contribution is 5.88. The Morgan fingerprint density at radius 2 is 1.94 bits per heavy atom. The van der Waals surface area contributed by atoms with E-state index in [0.29, 0.717) is 0 Å². The van der Waals surface area contributed by atoms with Crippen LogP contribution in [0.3, 0.4) is 0 Å². The maximum atomic E-state index is 11.6. The molecule has 1 aliphatic rings. The first-order valence-electron chi connectivity index (χ1n) is 6.46. The smallest absolute Gasteiger partial charge is 0.246 e. The van der Waals surface area contributed by atoms with Crippen LogP contribution < -0.4 is 0 Å². The van der Waals surface area contributed by atoms with Gasteiger partial charge in [0.25, 0.3) is 0 Å². The van der Waals surface area contributed by atoms with Gasteiger partial charge in [-0.05, 0) is 25.7 Å². The highest BCUT2D eigenvalue weighted by atomic mass is 16.2. The summed E-state index contributed by atoms with van der Waals surface area (Å²) < 4.78 is 0. The first-order chi connectivity index (χ1) is 7.84. The molecule has 0 radical (unpaired) electrons. The summed E-state index contributed by atoms with van der Waals surface area (Å²) in [4.78, 5) is 13.5. The van der Waals surface area contributed by atoms with E-state index in [0.717, 1.165) is 32.4 Å². The highest BCUT2D eigenvalue weighted by Crippen LogP contribution is 2.07. The summed E-state index contributed by atoms with van der Waals surface area (Å²) >= 11 is 0. The third-order valence-corrected chi connectivity index (χ3v) is 2.88. The third kappa shape index (κ3) is 5.15. The maximum absolute atomic E-state index is 11.6. The van der Waals surface area contributed by atoms with Gasteiger partial charge >= 0.3 is 0 Å². The van der Waals surface area contributed by atoms with Crippen molar-refractivity contribution in [1.29, 1.82) is 0 Å². The van der Waals surface area contributed by atoms with Crippen LogP contribution in [0.1, 0.15) is 45.4 Å². The van der Waals surface area contributed by atoms with Crippen LogP contribution >= 0.6 is 0 Å². The van der Waals surface area contributed by atoms with E-state index < -0.39 is 0 Å². The van der Waals surface area contributed by atoms with E-state index in [2.05, 4.69) is 13.0 Å². The van der Waals surface area contributed by atoms with Crippen molar-refractivity contribution >= 4 is 5.91 Å². The lowest BCUT2D eigenvalue weighted by Gasteiger charge is -2.11. The second-order valence-corrected chi connectivity index (χ2v) is 4.32. The molecule has 0 saturated carbocycles. The van der Waals surface area contributed by atoms with Crippen LogP contribution in [0.15, 0.2) is 24.3 Å². The van der Waals surface area contributed by atoms with Gasteiger partial charge in [0.2, 0.25) is 5.91 Å². The first-order valence-corrected chi connectivity index (χ1v) is 6.46. The Labute approximate surface area is 99.0 Å². The summed E-state index contributed by atoms with van der Waals surface area (Å²) in [7, 11) is 0. The van der Waals surface area contributed by atoms with Crippen molar-refractivity contribution in [1.82, 2.24) is 4.90 Å². The molecule has 1 rings (SSSR count). The second-order valence-electron chi connectivity index (χ2n) is 4.32. The molecule has 0 N–H and O–H groups in total. The van der Waals surface area contributed by atoms with Crippen LogP contribution in [0, 0.1) is 0 Å². The van der Waals surface area contributed by atoms with Crippen LogP contribution in [-0.2, 0) is 4.79 Å². The number of hydrogen-bond donors (Lipinski definition) is 0. The van der Waals surface area contributed by atoms with Gasteiger partial charge in [0, 0.05) is 19.2 Å². The Hall–Kier alpha value is -1.05. The highest BCUT2D eigenvalue weighted by Gasteiger charge is 2.14. The molecule has 1 saturated heterocycles. The molecule has 0 atom stereocenters. The Balaban J connectivity index is 2.12. The van der Waals surface area contributed by atoms with Crippen molar-refractivity contribution in [3.05, 3.63) is 24.3 Å².